The Morgan fingerprint density at radius 2 is 1.93 bits per heavy atom. The average Bonchev–Trinajstić information content (AvgIpc) is 3.19. The topological polar surface area (TPSA) is 77.3 Å². The monoisotopic (exact) mass is 404 g/mol. The second-order valence-electron chi connectivity index (χ2n) is 8.09. The van der Waals surface area contributed by atoms with E-state index in [2.05, 4.69) is 5.10 Å². The van der Waals surface area contributed by atoms with Crippen LogP contribution in [0, 0.1) is 0 Å². The Hall–Kier alpha value is -3.35. The van der Waals surface area contributed by atoms with Crippen LogP contribution < -0.4 is 0 Å². The molecule has 1 aliphatic carbocycles. The van der Waals surface area contributed by atoms with E-state index in [0.29, 0.717) is 22.7 Å². The summed E-state index contributed by atoms with van der Waals surface area (Å²) < 4.78 is 13.0. The highest BCUT2D eigenvalue weighted by Gasteiger charge is 2.38. The Bertz CT molecular complexity index is 1170. The summed E-state index contributed by atoms with van der Waals surface area (Å²) in [6, 6.07) is 9.43. The fraction of sp³-hybridized carbons (Fsp3) is 0.348. The molecule has 1 aliphatic rings. The van der Waals surface area contributed by atoms with Crippen molar-refractivity contribution in [2.75, 3.05) is 0 Å². The molecular weight excluding hydrogens is 380 g/mol. The molecule has 1 fully saturated rings. The molecule has 0 bridgehead atoms. The standard InChI is InChI=1S/C23H24N4O3/c1-14(2)27-22-18(13-24-27)17(12-19(25-22)21-7-5-11-30-21)23(28)26(16-8-9-16)15(3)20-6-4-10-29-20/h4-7,10-16H,8-9H2,1-3H3. The van der Waals surface area contributed by atoms with Gasteiger partial charge in [0.25, 0.3) is 5.91 Å². The lowest BCUT2D eigenvalue weighted by molar-refractivity contribution is 0.0654. The summed E-state index contributed by atoms with van der Waals surface area (Å²) >= 11 is 0. The number of hydrogen-bond donors (Lipinski definition) is 0. The van der Waals surface area contributed by atoms with Crippen LogP contribution in [-0.2, 0) is 0 Å². The zero-order chi connectivity index (χ0) is 20.8. The SMILES string of the molecule is CC(c1ccco1)N(C(=O)c1cc(-c2ccco2)nc2c1cnn2C(C)C)C1CC1. The smallest absolute Gasteiger partial charge is 0.255 e. The summed E-state index contributed by atoms with van der Waals surface area (Å²) in [5.74, 6) is 1.37. The van der Waals surface area contributed by atoms with Gasteiger partial charge in [0.1, 0.15) is 11.5 Å². The molecule has 4 aromatic heterocycles. The van der Waals surface area contributed by atoms with E-state index in [9.17, 15) is 4.79 Å². The summed E-state index contributed by atoms with van der Waals surface area (Å²) in [7, 11) is 0. The molecule has 5 rings (SSSR count). The summed E-state index contributed by atoms with van der Waals surface area (Å²) in [6.07, 6.45) is 7.00. The van der Waals surface area contributed by atoms with Gasteiger partial charge in [-0.2, -0.15) is 5.10 Å². The molecule has 0 spiro atoms. The van der Waals surface area contributed by atoms with Crippen molar-refractivity contribution in [2.45, 2.75) is 51.7 Å². The zero-order valence-corrected chi connectivity index (χ0v) is 17.3. The molecule has 0 N–H and O–H groups in total. The van der Waals surface area contributed by atoms with Crippen LogP contribution >= 0.6 is 0 Å². The highest BCUT2D eigenvalue weighted by molar-refractivity contribution is 6.06. The van der Waals surface area contributed by atoms with Gasteiger partial charge in [-0.3, -0.25) is 4.79 Å². The Kier molecular flexibility index (Phi) is 4.46. The molecule has 1 unspecified atom stereocenters. The van der Waals surface area contributed by atoms with Gasteiger partial charge in [0.2, 0.25) is 0 Å². The number of rotatable bonds is 6. The molecule has 154 valence electrons. The molecule has 0 aliphatic heterocycles. The van der Waals surface area contributed by atoms with E-state index in [4.69, 9.17) is 13.8 Å². The third-order valence-electron chi connectivity index (χ3n) is 5.61. The number of nitrogens with zero attached hydrogens (tertiary/aromatic N) is 4. The predicted molar refractivity (Wildman–Crippen MR) is 112 cm³/mol. The van der Waals surface area contributed by atoms with Crippen molar-refractivity contribution in [2.24, 2.45) is 0 Å². The van der Waals surface area contributed by atoms with Crippen molar-refractivity contribution in [1.82, 2.24) is 19.7 Å². The lowest BCUT2D eigenvalue weighted by Gasteiger charge is -2.28. The van der Waals surface area contributed by atoms with E-state index in [1.807, 2.05) is 60.7 Å². The molecule has 4 heterocycles. The molecule has 0 saturated heterocycles. The van der Waals surface area contributed by atoms with E-state index < -0.39 is 0 Å². The van der Waals surface area contributed by atoms with Gasteiger partial charge in [-0.1, -0.05) is 0 Å². The summed E-state index contributed by atoms with van der Waals surface area (Å²) in [4.78, 5) is 20.6. The predicted octanol–water partition coefficient (Wildman–Crippen LogP) is 5.23. The quantitative estimate of drug-likeness (QED) is 0.440. The van der Waals surface area contributed by atoms with Crippen molar-refractivity contribution in [1.29, 1.82) is 0 Å². The Morgan fingerprint density at radius 3 is 2.57 bits per heavy atom. The maximum absolute atomic E-state index is 13.9. The van der Waals surface area contributed by atoms with Crippen LogP contribution in [0.15, 0.2) is 57.9 Å². The minimum absolute atomic E-state index is 0.0371. The maximum Gasteiger partial charge on any atom is 0.255 e. The molecule has 0 radical (unpaired) electrons. The Labute approximate surface area is 174 Å². The summed E-state index contributed by atoms with van der Waals surface area (Å²) in [5.41, 5.74) is 1.90. The van der Waals surface area contributed by atoms with E-state index in [-0.39, 0.29) is 24.0 Å². The van der Waals surface area contributed by atoms with Crippen LogP contribution in [0.3, 0.4) is 0 Å². The Balaban J connectivity index is 1.66. The molecule has 7 nitrogen and oxygen atoms in total. The van der Waals surface area contributed by atoms with Gasteiger partial charge in [-0.05, 0) is 63.9 Å². The third-order valence-corrected chi connectivity index (χ3v) is 5.61. The van der Waals surface area contributed by atoms with Crippen LogP contribution in [-0.4, -0.2) is 31.6 Å². The molecule has 1 amide bonds. The number of carbonyl (C=O) groups is 1. The minimum Gasteiger partial charge on any atom is -0.467 e. The van der Waals surface area contributed by atoms with Gasteiger partial charge >= 0.3 is 0 Å². The first-order valence-corrected chi connectivity index (χ1v) is 10.3. The maximum atomic E-state index is 13.9. The number of pyridine rings is 1. The molecule has 1 saturated carbocycles. The number of aromatic nitrogens is 3. The molecule has 4 aromatic rings. The molecule has 30 heavy (non-hydrogen) atoms. The number of amides is 1. The third kappa shape index (κ3) is 3.10. The van der Waals surface area contributed by atoms with Gasteiger partial charge in [0.15, 0.2) is 11.4 Å². The highest BCUT2D eigenvalue weighted by Crippen LogP contribution is 2.37. The zero-order valence-electron chi connectivity index (χ0n) is 17.3. The number of furan rings is 2. The summed E-state index contributed by atoms with van der Waals surface area (Å²) in [6.45, 7) is 6.10. The molecular formula is C23H24N4O3. The Morgan fingerprint density at radius 1 is 1.17 bits per heavy atom. The van der Waals surface area contributed by atoms with Crippen LogP contribution in [0.2, 0.25) is 0 Å². The van der Waals surface area contributed by atoms with Crippen molar-refractivity contribution in [3.8, 4) is 11.5 Å². The van der Waals surface area contributed by atoms with Crippen molar-refractivity contribution >= 4 is 16.9 Å². The van der Waals surface area contributed by atoms with Crippen LogP contribution in [0.25, 0.3) is 22.5 Å². The van der Waals surface area contributed by atoms with Gasteiger partial charge in [-0.25, -0.2) is 9.67 Å². The molecule has 1 atom stereocenters. The lowest BCUT2D eigenvalue weighted by Crippen LogP contribution is -2.35. The largest absolute Gasteiger partial charge is 0.467 e. The number of hydrogen-bond acceptors (Lipinski definition) is 5. The first-order chi connectivity index (χ1) is 14.5. The molecule has 0 aromatic carbocycles. The van der Waals surface area contributed by atoms with Crippen molar-refractivity contribution in [3.63, 3.8) is 0 Å². The van der Waals surface area contributed by atoms with E-state index in [0.717, 1.165) is 24.0 Å². The van der Waals surface area contributed by atoms with Crippen LogP contribution in [0.5, 0.6) is 0 Å². The van der Waals surface area contributed by atoms with Crippen LogP contribution in [0.1, 0.15) is 61.8 Å². The minimum atomic E-state index is -0.157. The average molecular weight is 404 g/mol. The lowest BCUT2D eigenvalue weighted by atomic mass is 10.1. The van der Waals surface area contributed by atoms with Gasteiger partial charge in [0, 0.05) is 12.1 Å². The van der Waals surface area contributed by atoms with E-state index >= 15 is 0 Å². The number of carbonyl (C=O) groups excluding carboxylic acids is 1. The first-order valence-electron chi connectivity index (χ1n) is 10.3. The fourth-order valence-corrected chi connectivity index (χ4v) is 3.94. The number of fused-ring (bicyclic) bond motifs is 1. The van der Waals surface area contributed by atoms with E-state index in [1.165, 1.54) is 0 Å². The second-order valence-corrected chi connectivity index (χ2v) is 8.09. The first kappa shape index (κ1) is 18.7. The van der Waals surface area contributed by atoms with Crippen LogP contribution in [0.4, 0.5) is 0 Å². The van der Waals surface area contributed by atoms with Gasteiger partial charge < -0.3 is 13.7 Å². The van der Waals surface area contributed by atoms with Crippen molar-refractivity contribution in [3.05, 3.63) is 60.4 Å². The van der Waals surface area contributed by atoms with Gasteiger partial charge in [-0.15, -0.1) is 0 Å². The van der Waals surface area contributed by atoms with Crippen molar-refractivity contribution < 1.29 is 13.6 Å². The van der Waals surface area contributed by atoms with E-state index in [1.54, 1.807) is 18.7 Å². The van der Waals surface area contributed by atoms with Gasteiger partial charge in [0.05, 0.1) is 35.7 Å². The molecule has 7 heteroatoms. The fourth-order valence-electron chi connectivity index (χ4n) is 3.94. The summed E-state index contributed by atoms with van der Waals surface area (Å²) in [5, 5.41) is 5.26. The highest BCUT2D eigenvalue weighted by atomic mass is 16.3. The second kappa shape index (κ2) is 7.16. The normalized spacial score (nSPS) is 15.1.